The molecule has 13 nitrogen and oxygen atoms in total. The van der Waals surface area contributed by atoms with Crippen molar-refractivity contribution < 1.29 is 24.0 Å². The molecule has 1 aliphatic rings. The molecule has 0 unspecified atom stereocenters. The van der Waals surface area contributed by atoms with Gasteiger partial charge in [-0.25, -0.2) is 4.98 Å². The van der Waals surface area contributed by atoms with E-state index in [1.807, 2.05) is 13.8 Å². The van der Waals surface area contributed by atoms with Gasteiger partial charge in [-0.15, -0.1) is 0 Å². The number of amides is 5. The molecule has 194 valence electrons. The van der Waals surface area contributed by atoms with Crippen molar-refractivity contribution in [2.75, 3.05) is 6.54 Å². The monoisotopic (exact) mass is 492 g/mol. The summed E-state index contributed by atoms with van der Waals surface area (Å²) in [7, 11) is 0. The molecule has 2 heterocycles. The molecule has 0 aromatic carbocycles. The predicted octanol–water partition coefficient (Wildman–Crippen LogP) is -2.04. The summed E-state index contributed by atoms with van der Waals surface area (Å²) >= 11 is 0. The first-order chi connectivity index (χ1) is 16.6. The van der Waals surface area contributed by atoms with Gasteiger partial charge in [-0.05, 0) is 31.6 Å². The number of carbonyl (C=O) groups is 5. The molecule has 5 amide bonds. The molecule has 0 saturated carbocycles. The van der Waals surface area contributed by atoms with Crippen LogP contribution in [-0.4, -0.2) is 70.2 Å². The number of hydrogen-bond acceptors (Lipinski definition) is 7. The fourth-order valence-corrected chi connectivity index (χ4v) is 3.70. The molecule has 4 atom stereocenters. The molecule has 1 aliphatic heterocycles. The second-order valence-corrected chi connectivity index (χ2v) is 9.15. The molecule has 0 spiro atoms. The molecule has 0 radical (unpaired) electrons. The zero-order valence-corrected chi connectivity index (χ0v) is 20.1. The number of hydrogen-bond donors (Lipinski definition) is 7. The number of carbonyl (C=O) groups excluding carboxylic acids is 5. The van der Waals surface area contributed by atoms with Gasteiger partial charge in [0.05, 0.1) is 18.8 Å². The maximum absolute atomic E-state index is 13.1. The molecule has 0 aliphatic carbocycles. The summed E-state index contributed by atoms with van der Waals surface area (Å²) in [5, 5.41) is 10.4. The molecule has 1 fully saturated rings. The molecule has 0 bridgehead atoms. The Morgan fingerprint density at radius 2 is 1.83 bits per heavy atom. The van der Waals surface area contributed by atoms with Gasteiger partial charge in [-0.3, -0.25) is 24.0 Å². The summed E-state index contributed by atoms with van der Waals surface area (Å²) in [6, 6.07) is -4.10. The van der Waals surface area contributed by atoms with E-state index in [1.54, 1.807) is 0 Å². The fraction of sp³-hybridized carbons (Fsp3) is 0.636. The SMILES string of the molecule is CC(C)C[C@H](NC(=O)C[C@H]1NC(=O)[C@@H](N)CCCCNC(=O)[C@H](Cc2cnc[nH]2)NC1=O)C(N)=O. The van der Waals surface area contributed by atoms with Crippen LogP contribution in [0.25, 0.3) is 0 Å². The number of nitrogens with one attached hydrogen (secondary N) is 5. The first-order valence-electron chi connectivity index (χ1n) is 11.8. The van der Waals surface area contributed by atoms with Crippen molar-refractivity contribution in [3.63, 3.8) is 0 Å². The molecule has 9 N–H and O–H groups in total. The molecule has 2 rings (SSSR count). The van der Waals surface area contributed by atoms with Crippen LogP contribution in [0.3, 0.4) is 0 Å². The normalized spacial score (nSPS) is 23.1. The summed E-state index contributed by atoms with van der Waals surface area (Å²) in [6.45, 7) is 4.10. The molecule has 1 aromatic heterocycles. The number of imidazole rings is 1. The fourth-order valence-electron chi connectivity index (χ4n) is 3.70. The van der Waals surface area contributed by atoms with Crippen LogP contribution in [0, 0.1) is 5.92 Å². The number of aromatic nitrogens is 2. The average Bonchev–Trinajstić information content (AvgIpc) is 3.29. The Morgan fingerprint density at radius 1 is 1.11 bits per heavy atom. The number of rotatable bonds is 8. The highest BCUT2D eigenvalue weighted by Crippen LogP contribution is 2.07. The van der Waals surface area contributed by atoms with Gasteiger partial charge in [0.2, 0.25) is 29.5 Å². The zero-order valence-electron chi connectivity index (χ0n) is 20.1. The molecule has 1 aromatic rings. The summed E-state index contributed by atoms with van der Waals surface area (Å²) < 4.78 is 0. The Labute approximate surface area is 203 Å². The lowest BCUT2D eigenvalue weighted by atomic mass is 10.0. The summed E-state index contributed by atoms with van der Waals surface area (Å²) in [6.07, 6.45) is 4.50. The molecular weight excluding hydrogens is 456 g/mol. The molecular formula is C22H36N8O5. The first kappa shape index (κ1) is 27.8. The minimum absolute atomic E-state index is 0.0841. The van der Waals surface area contributed by atoms with Crippen LogP contribution < -0.4 is 32.7 Å². The van der Waals surface area contributed by atoms with Crippen LogP contribution in [0.2, 0.25) is 0 Å². The van der Waals surface area contributed by atoms with E-state index in [2.05, 4.69) is 31.2 Å². The molecule has 35 heavy (non-hydrogen) atoms. The van der Waals surface area contributed by atoms with Crippen LogP contribution in [-0.2, 0) is 30.4 Å². The smallest absolute Gasteiger partial charge is 0.243 e. The second kappa shape index (κ2) is 13.4. The first-order valence-corrected chi connectivity index (χ1v) is 11.8. The largest absolute Gasteiger partial charge is 0.368 e. The lowest BCUT2D eigenvalue weighted by Crippen LogP contribution is -2.57. The molecule has 13 heteroatoms. The lowest BCUT2D eigenvalue weighted by molar-refractivity contribution is -0.134. The Kier molecular flexibility index (Phi) is 10.6. The van der Waals surface area contributed by atoms with Gasteiger partial charge in [0, 0.05) is 24.9 Å². The van der Waals surface area contributed by atoms with Crippen molar-refractivity contribution >= 4 is 29.5 Å². The van der Waals surface area contributed by atoms with E-state index in [1.165, 1.54) is 12.5 Å². The highest BCUT2D eigenvalue weighted by Gasteiger charge is 2.31. The van der Waals surface area contributed by atoms with Crippen molar-refractivity contribution in [3.05, 3.63) is 18.2 Å². The van der Waals surface area contributed by atoms with Crippen LogP contribution in [0.4, 0.5) is 0 Å². The second-order valence-electron chi connectivity index (χ2n) is 9.15. The third-order valence-electron chi connectivity index (χ3n) is 5.60. The van der Waals surface area contributed by atoms with Gasteiger partial charge in [0.15, 0.2) is 0 Å². The lowest BCUT2D eigenvalue weighted by Gasteiger charge is -2.24. The van der Waals surface area contributed by atoms with Crippen LogP contribution >= 0.6 is 0 Å². The minimum Gasteiger partial charge on any atom is -0.368 e. The van der Waals surface area contributed by atoms with Gasteiger partial charge in [0.25, 0.3) is 0 Å². The standard InChI is InChI=1S/C22H36N8O5/c1-12(2)7-15(19(24)32)28-18(31)9-17-22(35)30-16(8-13-10-25-11-27-13)21(34)26-6-4-3-5-14(23)20(33)29-17/h10-12,14-17H,3-9,23H2,1-2H3,(H2,24,32)(H,25,27)(H,26,34)(H,28,31)(H,29,33)(H,30,35)/t14-,15-,16-,17+/m0/s1. The van der Waals surface area contributed by atoms with Crippen LogP contribution in [0.5, 0.6) is 0 Å². The van der Waals surface area contributed by atoms with E-state index in [4.69, 9.17) is 11.5 Å². The maximum atomic E-state index is 13.1. The van der Waals surface area contributed by atoms with Crippen molar-refractivity contribution in [3.8, 4) is 0 Å². The van der Waals surface area contributed by atoms with Crippen LogP contribution in [0.1, 0.15) is 51.6 Å². The topological polar surface area (TPSA) is 214 Å². The number of primary amides is 1. The van der Waals surface area contributed by atoms with E-state index in [0.717, 1.165) is 0 Å². The predicted molar refractivity (Wildman–Crippen MR) is 126 cm³/mol. The van der Waals surface area contributed by atoms with Gasteiger partial charge < -0.3 is 37.7 Å². The zero-order chi connectivity index (χ0) is 26.0. The summed E-state index contributed by atoms with van der Waals surface area (Å²) in [4.78, 5) is 69.8. The summed E-state index contributed by atoms with van der Waals surface area (Å²) in [5.74, 6) is -3.00. The van der Waals surface area contributed by atoms with Crippen molar-refractivity contribution in [2.24, 2.45) is 17.4 Å². The number of H-pyrrole nitrogens is 1. The van der Waals surface area contributed by atoms with Gasteiger partial charge >= 0.3 is 0 Å². The van der Waals surface area contributed by atoms with Gasteiger partial charge in [-0.2, -0.15) is 0 Å². The Balaban J connectivity index is 2.22. The number of aromatic amines is 1. The quantitative estimate of drug-likeness (QED) is 0.215. The molecule has 1 saturated heterocycles. The highest BCUT2D eigenvalue weighted by atomic mass is 16.2. The van der Waals surface area contributed by atoms with E-state index in [0.29, 0.717) is 37.9 Å². The maximum Gasteiger partial charge on any atom is 0.243 e. The highest BCUT2D eigenvalue weighted by molar-refractivity contribution is 5.96. The summed E-state index contributed by atoms with van der Waals surface area (Å²) in [5.41, 5.74) is 12.0. The Morgan fingerprint density at radius 3 is 2.46 bits per heavy atom. The Bertz CT molecular complexity index is 888. The van der Waals surface area contributed by atoms with Crippen LogP contribution in [0.15, 0.2) is 12.5 Å². The third-order valence-corrected chi connectivity index (χ3v) is 5.60. The van der Waals surface area contributed by atoms with Crippen molar-refractivity contribution in [1.29, 1.82) is 0 Å². The average molecular weight is 493 g/mol. The van der Waals surface area contributed by atoms with E-state index >= 15 is 0 Å². The third kappa shape index (κ3) is 9.35. The van der Waals surface area contributed by atoms with Crippen molar-refractivity contribution in [1.82, 2.24) is 31.2 Å². The Hall–Kier alpha value is -3.48. The number of nitrogens with two attached hydrogens (primary N) is 2. The van der Waals surface area contributed by atoms with E-state index in [9.17, 15) is 24.0 Å². The number of nitrogens with zero attached hydrogens (tertiary/aromatic N) is 1. The van der Waals surface area contributed by atoms with E-state index < -0.39 is 60.1 Å². The van der Waals surface area contributed by atoms with Gasteiger partial charge in [0.1, 0.15) is 18.1 Å². The van der Waals surface area contributed by atoms with Gasteiger partial charge in [-0.1, -0.05) is 13.8 Å². The minimum atomic E-state index is -1.32. The van der Waals surface area contributed by atoms with Crippen molar-refractivity contribution in [2.45, 2.75) is 76.5 Å². The van der Waals surface area contributed by atoms with E-state index in [-0.39, 0.29) is 12.3 Å².